The fourth-order valence-electron chi connectivity index (χ4n) is 0.810. The van der Waals surface area contributed by atoms with Gasteiger partial charge >= 0.3 is 6.18 Å². The Balaban J connectivity index is 3.38. The van der Waals surface area contributed by atoms with E-state index >= 15 is 0 Å². The molecule has 0 aliphatic heterocycles. The molecule has 0 saturated heterocycles. The second-order valence-corrected chi connectivity index (χ2v) is 3.75. The molecule has 0 amide bonds. The van der Waals surface area contributed by atoms with Crippen LogP contribution in [0.4, 0.5) is 13.2 Å². The van der Waals surface area contributed by atoms with Crippen molar-refractivity contribution in [3.05, 3.63) is 27.1 Å². The van der Waals surface area contributed by atoms with E-state index in [4.69, 9.17) is 11.6 Å². The topological polar surface area (TPSA) is 30.0 Å². The molecular weight excluding hydrogens is 333 g/mol. The van der Waals surface area contributed by atoms with E-state index in [1.165, 1.54) is 6.07 Å². The molecule has 0 radical (unpaired) electrons. The van der Waals surface area contributed by atoms with Gasteiger partial charge in [0, 0.05) is 0 Å². The van der Waals surface area contributed by atoms with Gasteiger partial charge in [0.2, 0.25) is 0 Å². The van der Waals surface area contributed by atoms with Crippen LogP contribution in [0.5, 0.6) is 0 Å². The summed E-state index contributed by atoms with van der Waals surface area (Å²) in [6, 6.07) is 2.29. The fraction of sp³-hybridized carbons (Fsp3) is 0.143. The van der Waals surface area contributed by atoms with Gasteiger partial charge in [-0.15, -0.1) is 0 Å². The second-order valence-electron chi connectivity index (χ2n) is 2.30. The Morgan fingerprint density at radius 2 is 2.00 bits per heavy atom. The average molecular weight is 335 g/mol. The molecule has 0 fully saturated rings. The van der Waals surface area contributed by atoms with Crippen LogP contribution < -0.4 is 0 Å². The molecule has 0 atom stereocenters. The van der Waals surface area contributed by atoms with E-state index in [1.807, 2.05) is 0 Å². The highest BCUT2D eigenvalue weighted by molar-refractivity contribution is 14.1. The molecule has 0 unspecified atom stereocenters. The van der Waals surface area contributed by atoms with Crippen molar-refractivity contribution in [3.8, 4) is 0 Å². The SMILES string of the molecule is O=C(Cl)c1ccc(I)nc1C(F)(F)F. The van der Waals surface area contributed by atoms with E-state index in [0.29, 0.717) is 0 Å². The van der Waals surface area contributed by atoms with Gasteiger partial charge in [-0.1, -0.05) is 0 Å². The minimum atomic E-state index is -4.67. The van der Waals surface area contributed by atoms with Crippen LogP contribution in [0.15, 0.2) is 12.1 Å². The van der Waals surface area contributed by atoms with Crippen LogP contribution in [0, 0.1) is 3.70 Å². The molecule has 1 aromatic heterocycles. The molecule has 14 heavy (non-hydrogen) atoms. The molecule has 0 spiro atoms. The average Bonchev–Trinajstić information content (AvgIpc) is 2.01. The van der Waals surface area contributed by atoms with Crippen molar-refractivity contribution in [1.82, 2.24) is 4.98 Å². The quantitative estimate of drug-likeness (QED) is 0.448. The molecule has 0 aromatic carbocycles. The third-order valence-electron chi connectivity index (χ3n) is 1.34. The highest BCUT2D eigenvalue weighted by Crippen LogP contribution is 2.31. The largest absolute Gasteiger partial charge is 0.434 e. The van der Waals surface area contributed by atoms with Gasteiger partial charge in [-0.2, -0.15) is 13.2 Å². The smallest absolute Gasteiger partial charge is 0.276 e. The number of hydrogen-bond acceptors (Lipinski definition) is 2. The summed E-state index contributed by atoms with van der Waals surface area (Å²) >= 11 is 6.61. The number of nitrogens with zero attached hydrogens (tertiary/aromatic N) is 1. The van der Waals surface area contributed by atoms with Crippen molar-refractivity contribution in [1.29, 1.82) is 0 Å². The lowest BCUT2D eigenvalue weighted by atomic mass is 10.2. The summed E-state index contributed by atoms with van der Waals surface area (Å²) in [7, 11) is 0. The standard InChI is InChI=1S/C7H2ClF3INO/c8-6(14)3-1-2-4(12)13-5(3)7(9,10)11/h1-2H. The normalized spacial score (nSPS) is 11.5. The van der Waals surface area contributed by atoms with Crippen LogP contribution in [0.1, 0.15) is 16.1 Å². The molecule has 0 aliphatic carbocycles. The molecule has 0 saturated carbocycles. The lowest BCUT2D eigenvalue weighted by Gasteiger charge is -2.08. The Bertz CT molecular complexity index is 380. The zero-order valence-electron chi connectivity index (χ0n) is 6.40. The number of hydrogen-bond donors (Lipinski definition) is 0. The molecule has 1 rings (SSSR count). The van der Waals surface area contributed by atoms with Crippen LogP contribution in [-0.4, -0.2) is 10.2 Å². The number of aromatic nitrogens is 1. The number of rotatable bonds is 1. The summed E-state index contributed by atoms with van der Waals surface area (Å²) in [4.78, 5) is 13.9. The van der Waals surface area contributed by atoms with Crippen molar-refractivity contribution in [2.75, 3.05) is 0 Å². The number of carbonyl (C=O) groups excluding carboxylic acids is 1. The van der Waals surface area contributed by atoms with Gasteiger partial charge in [-0.25, -0.2) is 4.98 Å². The summed E-state index contributed by atoms with van der Waals surface area (Å²) in [6.45, 7) is 0. The molecule has 0 N–H and O–H groups in total. The minimum absolute atomic E-state index is 0.150. The van der Waals surface area contributed by atoms with E-state index < -0.39 is 22.7 Å². The Morgan fingerprint density at radius 1 is 1.43 bits per heavy atom. The number of pyridine rings is 1. The summed E-state index contributed by atoms with van der Waals surface area (Å²) in [5.74, 6) is 0. The predicted molar refractivity (Wildman–Crippen MR) is 52.1 cm³/mol. The third kappa shape index (κ3) is 2.57. The number of halogens is 5. The molecule has 0 bridgehead atoms. The summed E-state index contributed by atoms with van der Waals surface area (Å²) in [5.41, 5.74) is -1.87. The Hall–Kier alpha value is -0.370. The van der Waals surface area contributed by atoms with Crippen molar-refractivity contribution < 1.29 is 18.0 Å². The first-order valence-corrected chi connectivity index (χ1v) is 4.71. The van der Waals surface area contributed by atoms with Gasteiger partial charge in [0.1, 0.15) is 3.70 Å². The predicted octanol–water partition coefficient (Wildman–Crippen LogP) is 3.08. The van der Waals surface area contributed by atoms with Gasteiger partial charge in [0.15, 0.2) is 5.69 Å². The Kier molecular flexibility index (Phi) is 3.36. The van der Waals surface area contributed by atoms with Gasteiger partial charge < -0.3 is 0 Å². The highest BCUT2D eigenvalue weighted by Gasteiger charge is 2.37. The molecule has 76 valence electrons. The first-order valence-electron chi connectivity index (χ1n) is 3.26. The zero-order chi connectivity index (χ0) is 10.9. The minimum Gasteiger partial charge on any atom is -0.276 e. The van der Waals surface area contributed by atoms with E-state index in [0.717, 1.165) is 6.07 Å². The first kappa shape index (κ1) is 11.7. The van der Waals surface area contributed by atoms with Crippen LogP contribution in [0.25, 0.3) is 0 Å². The lowest BCUT2D eigenvalue weighted by Crippen LogP contribution is -2.14. The maximum absolute atomic E-state index is 12.3. The van der Waals surface area contributed by atoms with Gasteiger partial charge in [0.05, 0.1) is 5.56 Å². The van der Waals surface area contributed by atoms with Crippen molar-refractivity contribution in [2.45, 2.75) is 6.18 Å². The Labute approximate surface area is 95.6 Å². The van der Waals surface area contributed by atoms with Crippen LogP contribution in [-0.2, 0) is 6.18 Å². The van der Waals surface area contributed by atoms with Crippen LogP contribution in [0.3, 0.4) is 0 Å². The van der Waals surface area contributed by atoms with Crippen LogP contribution >= 0.6 is 34.2 Å². The van der Waals surface area contributed by atoms with Gasteiger partial charge in [0.25, 0.3) is 5.24 Å². The van der Waals surface area contributed by atoms with Crippen molar-refractivity contribution >= 4 is 39.4 Å². The summed E-state index contributed by atoms with van der Waals surface area (Å²) in [5, 5.41) is -1.17. The fourth-order valence-corrected chi connectivity index (χ4v) is 1.38. The summed E-state index contributed by atoms with van der Waals surface area (Å²) in [6.07, 6.45) is -4.67. The third-order valence-corrected chi connectivity index (χ3v) is 2.15. The van der Waals surface area contributed by atoms with E-state index in [9.17, 15) is 18.0 Å². The number of alkyl halides is 3. The molecule has 2 nitrogen and oxygen atoms in total. The summed E-state index contributed by atoms with van der Waals surface area (Å²) < 4.78 is 37.1. The molecule has 1 aromatic rings. The van der Waals surface area contributed by atoms with Crippen molar-refractivity contribution in [3.63, 3.8) is 0 Å². The van der Waals surface area contributed by atoms with E-state index in [-0.39, 0.29) is 3.70 Å². The monoisotopic (exact) mass is 335 g/mol. The maximum atomic E-state index is 12.3. The van der Waals surface area contributed by atoms with Crippen molar-refractivity contribution in [2.24, 2.45) is 0 Å². The molecule has 1 heterocycles. The Morgan fingerprint density at radius 3 is 2.43 bits per heavy atom. The molecule has 0 aliphatic rings. The second kappa shape index (κ2) is 4.01. The van der Waals surface area contributed by atoms with Crippen LogP contribution in [0.2, 0.25) is 0 Å². The maximum Gasteiger partial charge on any atom is 0.434 e. The first-order chi connectivity index (χ1) is 6.32. The van der Waals surface area contributed by atoms with Gasteiger partial charge in [-0.05, 0) is 46.3 Å². The van der Waals surface area contributed by atoms with E-state index in [2.05, 4.69) is 4.98 Å². The van der Waals surface area contributed by atoms with Gasteiger partial charge in [-0.3, -0.25) is 4.79 Å². The van der Waals surface area contributed by atoms with E-state index in [1.54, 1.807) is 22.6 Å². The molecular formula is C7H2ClF3INO. The number of carbonyl (C=O) groups is 1. The zero-order valence-corrected chi connectivity index (χ0v) is 9.31. The lowest BCUT2D eigenvalue weighted by molar-refractivity contribution is -0.141. The molecule has 7 heteroatoms. The highest BCUT2D eigenvalue weighted by atomic mass is 127.